The van der Waals surface area contributed by atoms with Crippen LogP contribution in [0.5, 0.6) is 5.75 Å². The third-order valence-electron chi connectivity index (χ3n) is 4.98. The van der Waals surface area contributed by atoms with Gasteiger partial charge in [0.15, 0.2) is 5.89 Å². The number of oxazole rings is 1. The minimum atomic E-state index is -1.22. The largest absolute Gasteiger partial charge is 0.478 e. The van der Waals surface area contributed by atoms with Crippen molar-refractivity contribution in [3.63, 3.8) is 0 Å². The number of pyridine rings is 1. The molecular weight excluding hydrogens is 346 g/mol. The molecule has 1 aliphatic heterocycles. The normalized spacial score (nSPS) is 17.2. The molecule has 27 heavy (non-hydrogen) atoms. The van der Waals surface area contributed by atoms with Gasteiger partial charge in [-0.1, -0.05) is 13.8 Å². The number of aryl methyl sites for hydroxylation is 2. The van der Waals surface area contributed by atoms with E-state index in [-0.39, 0.29) is 5.92 Å². The van der Waals surface area contributed by atoms with E-state index in [0.29, 0.717) is 43.9 Å². The number of carboxylic acid groups (broad SMARTS) is 1. The molecule has 0 saturated carbocycles. The maximum atomic E-state index is 12.0. The van der Waals surface area contributed by atoms with Gasteiger partial charge in [-0.2, -0.15) is 0 Å². The number of hydrogen-bond acceptors (Lipinski definition) is 6. The van der Waals surface area contributed by atoms with Crippen LogP contribution in [-0.4, -0.2) is 44.6 Å². The van der Waals surface area contributed by atoms with Crippen molar-refractivity contribution in [3.05, 3.63) is 41.4 Å². The molecule has 0 spiro atoms. The molecule has 0 unspecified atom stereocenters. The Hall–Kier alpha value is -2.41. The second-order valence-electron chi connectivity index (χ2n) is 7.55. The second-order valence-corrected chi connectivity index (χ2v) is 7.55. The molecule has 3 heterocycles. The van der Waals surface area contributed by atoms with Crippen molar-refractivity contribution in [2.75, 3.05) is 13.1 Å². The number of aromatic nitrogens is 2. The van der Waals surface area contributed by atoms with Crippen molar-refractivity contribution in [2.45, 2.75) is 58.6 Å². The summed E-state index contributed by atoms with van der Waals surface area (Å²) in [4.78, 5) is 23.1. The van der Waals surface area contributed by atoms with Gasteiger partial charge in [-0.3, -0.25) is 9.88 Å². The molecule has 1 saturated heterocycles. The van der Waals surface area contributed by atoms with Crippen molar-refractivity contribution in [1.29, 1.82) is 0 Å². The van der Waals surface area contributed by atoms with Gasteiger partial charge in [0.05, 0.1) is 11.4 Å². The molecule has 1 aliphatic rings. The zero-order valence-electron chi connectivity index (χ0n) is 16.4. The topological polar surface area (TPSA) is 88.7 Å². The van der Waals surface area contributed by atoms with Gasteiger partial charge in [0.25, 0.3) is 0 Å². The van der Waals surface area contributed by atoms with Gasteiger partial charge in [0.2, 0.25) is 5.60 Å². The third kappa shape index (κ3) is 4.30. The van der Waals surface area contributed by atoms with E-state index in [1.54, 1.807) is 12.3 Å². The third-order valence-corrected chi connectivity index (χ3v) is 4.98. The predicted octanol–water partition coefficient (Wildman–Crippen LogP) is 3.31. The van der Waals surface area contributed by atoms with E-state index >= 15 is 0 Å². The maximum absolute atomic E-state index is 12.0. The van der Waals surface area contributed by atoms with Crippen molar-refractivity contribution >= 4 is 5.97 Å². The Balaban J connectivity index is 1.66. The van der Waals surface area contributed by atoms with Crippen LogP contribution < -0.4 is 4.74 Å². The van der Waals surface area contributed by atoms with Crippen LogP contribution in [0.4, 0.5) is 0 Å². The van der Waals surface area contributed by atoms with Crippen LogP contribution in [-0.2, 0) is 11.3 Å². The highest BCUT2D eigenvalue weighted by Crippen LogP contribution is 2.31. The zero-order valence-corrected chi connectivity index (χ0v) is 16.4. The quantitative estimate of drug-likeness (QED) is 0.831. The number of rotatable bonds is 6. The molecule has 1 fully saturated rings. The minimum absolute atomic E-state index is 0.250. The molecule has 1 N–H and O–H groups in total. The highest BCUT2D eigenvalue weighted by molar-refractivity contribution is 5.78. The molecule has 0 atom stereocenters. The van der Waals surface area contributed by atoms with E-state index in [4.69, 9.17) is 9.15 Å². The fourth-order valence-electron chi connectivity index (χ4n) is 3.31. The van der Waals surface area contributed by atoms with Crippen LogP contribution in [0.2, 0.25) is 0 Å². The van der Waals surface area contributed by atoms with E-state index in [1.165, 1.54) is 0 Å². The first-order chi connectivity index (χ1) is 12.8. The molecule has 0 radical (unpaired) electrons. The first-order valence-corrected chi connectivity index (χ1v) is 9.32. The molecule has 3 rings (SSSR count). The lowest BCUT2D eigenvalue weighted by Crippen LogP contribution is -2.53. The summed E-state index contributed by atoms with van der Waals surface area (Å²) in [6.07, 6.45) is 2.50. The first kappa shape index (κ1) is 19.4. The lowest BCUT2D eigenvalue weighted by atomic mass is 9.91. The van der Waals surface area contributed by atoms with Crippen LogP contribution in [0.3, 0.4) is 0 Å². The van der Waals surface area contributed by atoms with Crippen molar-refractivity contribution < 1.29 is 19.1 Å². The van der Waals surface area contributed by atoms with Gasteiger partial charge < -0.3 is 14.3 Å². The van der Waals surface area contributed by atoms with Crippen molar-refractivity contribution in [1.82, 2.24) is 14.9 Å². The van der Waals surface area contributed by atoms with E-state index in [0.717, 1.165) is 17.3 Å². The number of hydrogen-bond donors (Lipinski definition) is 1. The molecule has 0 amide bonds. The van der Waals surface area contributed by atoms with Gasteiger partial charge in [0.1, 0.15) is 12.0 Å². The average molecular weight is 373 g/mol. The first-order valence-electron chi connectivity index (χ1n) is 9.32. The summed E-state index contributed by atoms with van der Waals surface area (Å²) in [6.45, 7) is 9.70. The number of nitrogens with zero attached hydrogens (tertiary/aromatic N) is 3. The SMILES string of the molecule is Cc1ccc(OC2(C(=O)O)CCN(Cc3coc(C(C)C)n3)CC2)c(C)n1. The number of aliphatic carboxylic acids is 1. The highest BCUT2D eigenvalue weighted by atomic mass is 16.5. The van der Waals surface area contributed by atoms with Crippen LogP contribution >= 0.6 is 0 Å². The van der Waals surface area contributed by atoms with Crippen LogP contribution in [0.25, 0.3) is 0 Å². The van der Waals surface area contributed by atoms with Crippen molar-refractivity contribution in [2.24, 2.45) is 0 Å². The Labute approximate surface area is 159 Å². The van der Waals surface area contributed by atoms with Gasteiger partial charge >= 0.3 is 5.97 Å². The Bertz CT molecular complexity index is 807. The number of piperidine rings is 1. The van der Waals surface area contributed by atoms with Gasteiger partial charge in [-0.05, 0) is 26.0 Å². The Kier molecular flexibility index (Phi) is 5.51. The molecule has 0 aromatic carbocycles. The summed E-state index contributed by atoms with van der Waals surface area (Å²) in [7, 11) is 0. The molecule has 7 nitrogen and oxygen atoms in total. The smallest absolute Gasteiger partial charge is 0.348 e. The van der Waals surface area contributed by atoms with Gasteiger partial charge in [-0.25, -0.2) is 9.78 Å². The molecule has 0 bridgehead atoms. The summed E-state index contributed by atoms with van der Waals surface area (Å²) < 4.78 is 11.5. The van der Waals surface area contributed by atoms with Gasteiger partial charge in [0, 0.05) is 44.1 Å². The zero-order chi connectivity index (χ0) is 19.6. The summed E-state index contributed by atoms with van der Waals surface area (Å²) in [5.74, 6) is 0.590. The van der Waals surface area contributed by atoms with Crippen LogP contribution in [0, 0.1) is 13.8 Å². The molecule has 146 valence electrons. The van der Waals surface area contributed by atoms with Crippen LogP contribution in [0.1, 0.15) is 55.6 Å². The molecule has 2 aromatic heterocycles. The number of carbonyl (C=O) groups is 1. The Morgan fingerprint density at radius 3 is 2.56 bits per heavy atom. The van der Waals surface area contributed by atoms with Crippen LogP contribution in [0.15, 0.2) is 22.8 Å². The molecule has 2 aromatic rings. The maximum Gasteiger partial charge on any atom is 0.348 e. The average Bonchev–Trinajstić information content (AvgIpc) is 3.08. The van der Waals surface area contributed by atoms with Gasteiger partial charge in [-0.15, -0.1) is 0 Å². The molecule has 7 heteroatoms. The second kappa shape index (κ2) is 7.68. The summed E-state index contributed by atoms with van der Waals surface area (Å²) in [5, 5.41) is 9.84. The lowest BCUT2D eigenvalue weighted by Gasteiger charge is -2.38. The minimum Gasteiger partial charge on any atom is -0.478 e. The van der Waals surface area contributed by atoms with Crippen molar-refractivity contribution in [3.8, 4) is 5.75 Å². The van der Waals surface area contributed by atoms with E-state index in [2.05, 4.69) is 14.9 Å². The van der Waals surface area contributed by atoms with E-state index in [9.17, 15) is 9.90 Å². The summed E-state index contributed by atoms with van der Waals surface area (Å²) in [5.41, 5.74) is 1.25. The number of ether oxygens (including phenoxy) is 1. The monoisotopic (exact) mass is 373 g/mol. The fraction of sp³-hybridized carbons (Fsp3) is 0.550. The predicted molar refractivity (Wildman–Crippen MR) is 99.8 cm³/mol. The highest BCUT2D eigenvalue weighted by Gasteiger charge is 2.44. The standard InChI is InChI=1S/C20H27N3O4/c1-13(2)18-22-16(12-26-18)11-23-9-7-20(8-10-23,19(24)25)27-17-6-5-14(3)21-15(17)4/h5-6,12-13H,7-11H2,1-4H3,(H,24,25). The van der Waals surface area contributed by atoms with E-state index < -0.39 is 11.6 Å². The fourth-order valence-corrected chi connectivity index (χ4v) is 3.31. The molecular formula is C20H27N3O4. The molecule has 0 aliphatic carbocycles. The summed E-state index contributed by atoms with van der Waals surface area (Å²) >= 11 is 0. The van der Waals surface area contributed by atoms with E-state index in [1.807, 2.05) is 33.8 Å². The Morgan fingerprint density at radius 1 is 1.30 bits per heavy atom. The number of carboxylic acids is 1. The lowest BCUT2D eigenvalue weighted by molar-refractivity contribution is -0.160. The Morgan fingerprint density at radius 2 is 2.00 bits per heavy atom. The number of likely N-dealkylation sites (tertiary alicyclic amines) is 1. The summed E-state index contributed by atoms with van der Waals surface area (Å²) in [6, 6.07) is 3.64.